The van der Waals surface area contributed by atoms with Crippen LogP contribution in [0.25, 0.3) is 0 Å². The number of rotatable bonds is 6. The van der Waals surface area contributed by atoms with Crippen LogP contribution in [0.2, 0.25) is 0 Å². The molecular formula is C16H24N2O2. The monoisotopic (exact) mass is 276 g/mol. The number of carbonyl (C=O) groups excluding carboxylic acids is 1. The normalized spacial score (nSPS) is 15.2. The lowest BCUT2D eigenvalue weighted by molar-refractivity contribution is -0.131. The number of carbonyl (C=O) groups is 1. The number of nitrogens with zero attached hydrogens (tertiary/aromatic N) is 1. The van der Waals surface area contributed by atoms with Crippen molar-refractivity contribution in [2.45, 2.75) is 32.2 Å². The average Bonchev–Trinajstić information content (AvgIpc) is 2.52. The Kier molecular flexibility index (Phi) is 5.87. The lowest BCUT2D eigenvalue weighted by Gasteiger charge is -2.26. The van der Waals surface area contributed by atoms with Crippen molar-refractivity contribution in [3.63, 3.8) is 0 Å². The van der Waals surface area contributed by atoms with Crippen LogP contribution in [0.5, 0.6) is 5.75 Å². The number of para-hydroxylation sites is 1. The molecule has 1 aliphatic rings. The number of hydrogen-bond acceptors (Lipinski definition) is 3. The molecule has 0 aromatic heterocycles. The van der Waals surface area contributed by atoms with Crippen LogP contribution in [0.4, 0.5) is 0 Å². The average molecular weight is 276 g/mol. The largest absolute Gasteiger partial charge is 0.496 e. The van der Waals surface area contributed by atoms with Gasteiger partial charge in [-0.15, -0.1) is 0 Å². The second-order valence-corrected chi connectivity index (χ2v) is 5.18. The van der Waals surface area contributed by atoms with E-state index in [9.17, 15) is 4.79 Å². The number of likely N-dealkylation sites (tertiary alicyclic amines) is 1. The Labute approximate surface area is 121 Å². The highest BCUT2D eigenvalue weighted by atomic mass is 16.5. The first-order valence-electron chi connectivity index (χ1n) is 7.41. The van der Waals surface area contributed by atoms with Gasteiger partial charge in [0.25, 0.3) is 0 Å². The maximum absolute atomic E-state index is 12.0. The fourth-order valence-electron chi connectivity index (χ4n) is 2.57. The van der Waals surface area contributed by atoms with E-state index in [1.165, 1.54) is 6.42 Å². The predicted molar refractivity (Wildman–Crippen MR) is 79.7 cm³/mol. The highest BCUT2D eigenvalue weighted by Gasteiger charge is 2.15. The Morgan fingerprint density at radius 2 is 2.00 bits per heavy atom. The third-order valence-corrected chi connectivity index (χ3v) is 3.73. The second kappa shape index (κ2) is 7.90. The molecule has 0 saturated carbocycles. The third kappa shape index (κ3) is 4.23. The number of ether oxygens (including phenoxy) is 1. The van der Waals surface area contributed by atoms with Crippen LogP contribution in [0.15, 0.2) is 24.3 Å². The Bertz CT molecular complexity index is 428. The molecule has 4 nitrogen and oxygen atoms in total. The fraction of sp³-hybridized carbons (Fsp3) is 0.562. The lowest BCUT2D eigenvalue weighted by atomic mass is 10.1. The summed E-state index contributed by atoms with van der Waals surface area (Å²) in [6.45, 7) is 3.32. The molecule has 2 rings (SSSR count). The summed E-state index contributed by atoms with van der Waals surface area (Å²) in [5, 5.41) is 3.32. The van der Waals surface area contributed by atoms with Crippen molar-refractivity contribution in [3.05, 3.63) is 29.8 Å². The molecule has 1 fully saturated rings. The van der Waals surface area contributed by atoms with Crippen molar-refractivity contribution in [1.82, 2.24) is 10.2 Å². The summed E-state index contributed by atoms with van der Waals surface area (Å²) < 4.78 is 5.30. The summed E-state index contributed by atoms with van der Waals surface area (Å²) in [4.78, 5) is 14.0. The van der Waals surface area contributed by atoms with Crippen molar-refractivity contribution in [2.75, 3.05) is 26.7 Å². The standard InChI is InChI=1S/C16H24N2O2/c1-20-15-8-4-3-7-14(15)13-17-10-9-16(19)18-11-5-2-6-12-18/h3-4,7-8,17H,2,5-6,9-13H2,1H3. The molecular weight excluding hydrogens is 252 g/mol. The SMILES string of the molecule is COc1ccccc1CNCCC(=O)N1CCCCC1. The Morgan fingerprint density at radius 1 is 1.25 bits per heavy atom. The van der Waals surface area contributed by atoms with Gasteiger partial charge in [0.15, 0.2) is 0 Å². The van der Waals surface area contributed by atoms with Gasteiger partial charge in [-0.25, -0.2) is 0 Å². The van der Waals surface area contributed by atoms with E-state index in [1.807, 2.05) is 29.2 Å². The van der Waals surface area contributed by atoms with E-state index in [-0.39, 0.29) is 5.91 Å². The molecule has 1 aromatic rings. The van der Waals surface area contributed by atoms with Crippen molar-refractivity contribution in [1.29, 1.82) is 0 Å². The van der Waals surface area contributed by atoms with Gasteiger partial charge in [0.1, 0.15) is 5.75 Å². The molecule has 0 atom stereocenters. The van der Waals surface area contributed by atoms with E-state index in [2.05, 4.69) is 5.32 Å². The zero-order chi connectivity index (χ0) is 14.2. The molecule has 0 spiro atoms. The van der Waals surface area contributed by atoms with Gasteiger partial charge in [-0.05, 0) is 25.3 Å². The molecule has 110 valence electrons. The summed E-state index contributed by atoms with van der Waals surface area (Å²) in [6, 6.07) is 7.95. The maximum atomic E-state index is 12.0. The van der Waals surface area contributed by atoms with E-state index in [4.69, 9.17) is 4.74 Å². The molecule has 1 saturated heterocycles. The van der Waals surface area contributed by atoms with Crippen LogP contribution in [-0.4, -0.2) is 37.6 Å². The van der Waals surface area contributed by atoms with Gasteiger partial charge in [-0.1, -0.05) is 18.2 Å². The minimum Gasteiger partial charge on any atom is -0.496 e. The van der Waals surface area contributed by atoms with Crippen LogP contribution in [-0.2, 0) is 11.3 Å². The second-order valence-electron chi connectivity index (χ2n) is 5.18. The first-order chi connectivity index (χ1) is 9.81. The van der Waals surface area contributed by atoms with Crippen molar-refractivity contribution in [3.8, 4) is 5.75 Å². The minimum absolute atomic E-state index is 0.275. The molecule has 1 aliphatic heterocycles. The van der Waals surface area contributed by atoms with Crippen LogP contribution in [0, 0.1) is 0 Å². The number of nitrogens with one attached hydrogen (secondary N) is 1. The number of piperidine rings is 1. The molecule has 0 bridgehead atoms. The summed E-state index contributed by atoms with van der Waals surface area (Å²) >= 11 is 0. The Balaban J connectivity index is 1.69. The van der Waals surface area contributed by atoms with Crippen LogP contribution in [0.1, 0.15) is 31.2 Å². The smallest absolute Gasteiger partial charge is 0.223 e. The third-order valence-electron chi connectivity index (χ3n) is 3.73. The zero-order valence-corrected chi connectivity index (χ0v) is 12.2. The lowest BCUT2D eigenvalue weighted by Crippen LogP contribution is -2.37. The van der Waals surface area contributed by atoms with Crippen LogP contribution in [0.3, 0.4) is 0 Å². The summed E-state index contributed by atoms with van der Waals surface area (Å²) in [7, 11) is 1.68. The number of methoxy groups -OCH3 is 1. The minimum atomic E-state index is 0.275. The molecule has 1 aromatic carbocycles. The predicted octanol–water partition coefficient (Wildman–Crippen LogP) is 2.19. The maximum Gasteiger partial charge on any atom is 0.223 e. The van der Waals surface area contributed by atoms with Gasteiger partial charge < -0.3 is 15.0 Å². The van der Waals surface area contributed by atoms with Gasteiger partial charge in [0.2, 0.25) is 5.91 Å². The molecule has 1 heterocycles. The molecule has 1 amide bonds. The Hall–Kier alpha value is -1.55. The van der Waals surface area contributed by atoms with Crippen molar-refractivity contribution < 1.29 is 9.53 Å². The van der Waals surface area contributed by atoms with E-state index < -0.39 is 0 Å². The van der Waals surface area contributed by atoms with Gasteiger partial charge in [0, 0.05) is 38.2 Å². The van der Waals surface area contributed by atoms with Crippen molar-refractivity contribution in [2.24, 2.45) is 0 Å². The van der Waals surface area contributed by atoms with E-state index >= 15 is 0 Å². The number of hydrogen-bond donors (Lipinski definition) is 1. The zero-order valence-electron chi connectivity index (χ0n) is 12.2. The van der Waals surface area contributed by atoms with Gasteiger partial charge in [-0.3, -0.25) is 4.79 Å². The Morgan fingerprint density at radius 3 is 2.75 bits per heavy atom. The van der Waals surface area contributed by atoms with E-state index in [0.29, 0.717) is 13.0 Å². The summed E-state index contributed by atoms with van der Waals surface area (Å²) in [5.74, 6) is 1.17. The fourth-order valence-corrected chi connectivity index (χ4v) is 2.57. The van der Waals surface area contributed by atoms with Gasteiger partial charge in [0.05, 0.1) is 7.11 Å². The van der Waals surface area contributed by atoms with E-state index in [0.717, 1.165) is 43.8 Å². The number of amides is 1. The van der Waals surface area contributed by atoms with E-state index in [1.54, 1.807) is 7.11 Å². The van der Waals surface area contributed by atoms with Crippen LogP contribution < -0.4 is 10.1 Å². The van der Waals surface area contributed by atoms with Crippen molar-refractivity contribution >= 4 is 5.91 Å². The van der Waals surface area contributed by atoms with Gasteiger partial charge >= 0.3 is 0 Å². The van der Waals surface area contributed by atoms with Gasteiger partial charge in [-0.2, -0.15) is 0 Å². The number of benzene rings is 1. The molecule has 0 aliphatic carbocycles. The summed E-state index contributed by atoms with van der Waals surface area (Å²) in [6.07, 6.45) is 4.14. The molecule has 4 heteroatoms. The molecule has 0 radical (unpaired) electrons. The highest BCUT2D eigenvalue weighted by molar-refractivity contribution is 5.76. The molecule has 1 N–H and O–H groups in total. The molecule has 20 heavy (non-hydrogen) atoms. The quantitative estimate of drug-likeness (QED) is 0.810. The molecule has 0 unspecified atom stereocenters. The topological polar surface area (TPSA) is 41.6 Å². The first kappa shape index (κ1) is 14.9. The highest BCUT2D eigenvalue weighted by Crippen LogP contribution is 2.16. The summed E-state index contributed by atoms with van der Waals surface area (Å²) in [5.41, 5.74) is 1.13. The first-order valence-corrected chi connectivity index (χ1v) is 7.41. The van der Waals surface area contributed by atoms with Crippen LogP contribution >= 0.6 is 0 Å².